The standard InChI is InChI=1S/C19H20BrNO5/c1-3-24-17-9-12(8-14(20)18(17)23-2)19(22)21-10-13-11-25-15-6-4-5-7-16(15)26-13/h4-9,13H,3,10-11H2,1-2H3,(H,21,22)/t13-/m1/s1. The fraction of sp³-hybridized carbons (Fsp3) is 0.316. The second kappa shape index (κ2) is 8.31. The van der Waals surface area contributed by atoms with Crippen LogP contribution in [0.5, 0.6) is 23.0 Å². The van der Waals surface area contributed by atoms with Crippen LogP contribution in [0.3, 0.4) is 0 Å². The Balaban J connectivity index is 1.65. The predicted octanol–water partition coefficient (Wildman–Crippen LogP) is 3.43. The first-order valence-electron chi connectivity index (χ1n) is 8.29. The van der Waals surface area contributed by atoms with Gasteiger partial charge in [-0.15, -0.1) is 0 Å². The highest BCUT2D eigenvalue weighted by Gasteiger charge is 2.22. The van der Waals surface area contributed by atoms with E-state index >= 15 is 0 Å². The fourth-order valence-corrected chi connectivity index (χ4v) is 3.24. The van der Waals surface area contributed by atoms with E-state index in [9.17, 15) is 4.79 Å². The quantitative estimate of drug-likeness (QED) is 0.773. The minimum atomic E-state index is -0.248. The van der Waals surface area contributed by atoms with Crippen LogP contribution in [0.1, 0.15) is 17.3 Å². The Bertz CT molecular complexity index is 795. The third kappa shape index (κ3) is 4.04. The van der Waals surface area contributed by atoms with Crippen molar-refractivity contribution in [3.8, 4) is 23.0 Å². The highest BCUT2D eigenvalue weighted by atomic mass is 79.9. The molecule has 2 aromatic rings. The molecule has 1 N–H and O–H groups in total. The van der Waals surface area contributed by atoms with Crippen molar-refractivity contribution in [1.29, 1.82) is 0 Å². The second-order valence-electron chi connectivity index (χ2n) is 5.63. The lowest BCUT2D eigenvalue weighted by Crippen LogP contribution is -2.40. The highest BCUT2D eigenvalue weighted by molar-refractivity contribution is 9.10. The molecule has 0 saturated carbocycles. The Morgan fingerprint density at radius 2 is 2.08 bits per heavy atom. The molecule has 138 valence electrons. The maximum absolute atomic E-state index is 12.5. The molecular formula is C19H20BrNO5. The number of carbonyl (C=O) groups is 1. The topological polar surface area (TPSA) is 66.0 Å². The number of para-hydroxylation sites is 2. The third-order valence-electron chi connectivity index (χ3n) is 3.83. The van der Waals surface area contributed by atoms with Crippen LogP contribution in [0.2, 0.25) is 0 Å². The van der Waals surface area contributed by atoms with Crippen LogP contribution in [0.4, 0.5) is 0 Å². The Morgan fingerprint density at radius 1 is 1.31 bits per heavy atom. The molecule has 0 fully saturated rings. The van der Waals surface area contributed by atoms with E-state index in [1.807, 2.05) is 31.2 Å². The molecule has 0 unspecified atom stereocenters. The van der Waals surface area contributed by atoms with Gasteiger partial charge < -0.3 is 24.3 Å². The monoisotopic (exact) mass is 421 g/mol. The van der Waals surface area contributed by atoms with Gasteiger partial charge in [0.25, 0.3) is 5.91 Å². The SMILES string of the molecule is CCOc1cc(C(=O)NC[C@@H]2COc3ccccc3O2)cc(Br)c1OC. The van der Waals surface area contributed by atoms with Gasteiger partial charge in [0, 0.05) is 5.56 Å². The van der Waals surface area contributed by atoms with Crippen molar-refractivity contribution in [3.63, 3.8) is 0 Å². The molecule has 7 heteroatoms. The van der Waals surface area contributed by atoms with Gasteiger partial charge in [-0.2, -0.15) is 0 Å². The molecule has 3 rings (SSSR count). The molecule has 1 atom stereocenters. The molecule has 0 aliphatic carbocycles. The van der Waals surface area contributed by atoms with E-state index in [1.54, 1.807) is 19.2 Å². The van der Waals surface area contributed by atoms with Gasteiger partial charge >= 0.3 is 0 Å². The van der Waals surface area contributed by atoms with Crippen molar-refractivity contribution in [1.82, 2.24) is 5.32 Å². The van der Waals surface area contributed by atoms with Crippen molar-refractivity contribution >= 4 is 21.8 Å². The molecule has 1 amide bonds. The number of rotatable bonds is 6. The molecule has 0 saturated heterocycles. The van der Waals surface area contributed by atoms with E-state index < -0.39 is 0 Å². The third-order valence-corrected chi connectivity index (χ3v) is 4.42. The molecule has 1 heterocycles. The van der Waals surface area contributed by atoms with E-state index in [0.29, 0.717) is 47.0 Å². The van der Waals surface area contributed by atoms with E-state index in [4.69, 9.17) is 18.9 Å². The zero-order chi connectivity index (χ0) is 18.5. The largest absolute Gasteiger partial charge is 0.492 e. The Hall–Kier alpha value is -2.41. The van der Waals surface area contributed by atoms with Gasteiger partial charge in [-0.05, 0) is 47.1 Å². The molecule has 0 spiro atoms. The summed E-state index contributed by atoms with van der Waals surface area (Å²) in [5.41, 5.74) is 0.471. The lowest BCUT2D eigenvalue weighted by molar-refractivity contribution is 0.0789. The first-order valence-corrected chi connectivity index (χ1v) is 9.08. The van der Waals surface area contributed by atoms with Crippen molar-refractivity contribution < 1.29 is 23.7 Å². The average molecular weight is 422 g/mol. The molecular weight excluding hydrogens is 402 g/mol. The number of halogens is 1. The summed E-state index contributed by atoms with van der Waals surface area (Å²) in [6.07, 6.45) is -0.248. The lowest BCUT2D eigenvalue weighted by atomic mass is 10.2. The summed E-state index contributed by atoms with van der Waals surface area (Å²) in [7, 11) is 1.56. The highest BCUT2D eigenvalue weighted by Crippen LogP contribution is 2.36. The first-order chi connectivity index (χ1) is 12.6. The van der Waals surface area contributed by atoms with Crippen LogP contribution in [-0.4, -0.2) is 38.9 Å². The Labute approximate surface area is 160 Å². The number of amides is 1. The lowest BCUT2D eigenvalue weighted by Gasteiger charge is -2.26. The van der Waals surface area contributed by atoms with E-state index in [0.717, 1.165) is 5.75 Å². The number of carbonyl (C=O) groups excluding carboxylic acids is 1. The van der Waals surface area contributed by atoms with Gasteiger partial charge in [0.15, 0.2) is 23.0 Å². The van der Waals surface area contributed by atoms with Crippen molar-refractivity contribution in [2.24, 2.45) is 0 Å². The zero-order valence-corrected chi connectivity index (χ0v) is 16.2. The summed E-state index contributed by atoms with van der Waals surface area (Å²) in [6, 6.07) is 10.8. The van der Waals surface area contributed by atoms with Crippen molar-refractivity contribution in [2.45, 2.75) is 13.0 Å². The molecule has 0 bridgehead atoms. The normalized spacial score (nSPS) is 15.3. The minimum absolute atomic E-state index is 0.225. The molecule has 1 aliphatic heterocycles. The number of methoxy groups -OCH3 is 1. The fourth-order valence-electron chi connectivity index (χ4n) is 2.63. The number of nitrogens with one attached hydrogen (secondary N) is 1. The summed E-state index contributed by atoms with van der Waals surface area (Å²) in [5.74, 6) is 2.25. The van der Waals surface area contributed by atoms with Crippen molar-refractivity contribution in [3.05, 3.63) is 46.4 Å². The number of ether oxygens (including phenoxy) is 4. The van der Waals surface area contributed by atoms with Crippen molar-refractivity contribution in [2.75, 3.05) is 26.9 Å². The van der Waals surface area contributed by atoms with Gasteiger partial charge in [-0.3, -0.25) is 4.79 Å². The van der Waals surface area contributed by atoms with Gasteiger partial charge in [0.2, 0.25) is 0 Å². The summed E-state index contributed by atoms with van der Waals surface area (Å²) in [4.78, 5) is 12.5. The van der Waals surface area contributed by atoms with Crippen LogP contribution in [0.25, 0.3) is 0 Å². The minimum Gasteiger partial charge on any atom is -0.492 e. The second-order valence-corrected chi connectivity index (χ2v) is 6.48. The first kappa shape index (κ1) is 18.4. The molecule has 0 aromatic heterocycles. The summed E-state index contributed by atoms with van der Waals surface area (Å²) >= 11 is 3.41. The van der Waals surface area contributed by atoms with Gasteiger partial charge in [-0.1, -0.05) is 12.1 Å². The van der Waals surface area contributed by atoms with Crippen LogP contribution >= 0.6 is 15.9 Å². The number of fused-ring (bicyclic) bond motifs is 1. The summed E-state index contributed by atoms with van der Waals surface area (Å²) < 4.78 is 23.0. The van der Waals surface area contributed by atoms with E-state index in [-0.39, 0.29) is 12.0 Å². The molecule has 0 radical (unpaired) electrons. The molecule has 6 nitrogen and oxygen atoms in total. The van der Waals surface area contributed by atoms with Crippen LogP contribution in [0, 0.1) is 0 Å². The molecule has 1 aliphatic rings. The molecule has 2 aromatic carbocycles. The van der Waals surface area contributed by atoms with E-state index in [2.05, 4.69) is 21.2 Å². The number of hydrogen-bond donors (Lipinski definition) is 1. The average Bonchev–Trinajstić information content (AvgIpc) is 2.66. The molecule has 26 heavy (non-hydrogen) atoms. The number of benzene rings is 2. The van der Waals surface area contributed by atoms with Gasteiger partial charge in [0.1, 0.15) is 12.7 Å². The zero-order valence-electron chi connectivity index (χ0n) is 14.6. The van der Waals surface area contributed by atoms with Gasteiger partial charge in [-0.25, -0.2) is 0 Å². The van der Waals surface area contributed by atoms with Crippen LogP contribution in [0.15, 0.2) is 40.9 Å². The Kier molecular flexibility index (Phi) is 5.88. The van der Waals surface area contributed by atoms with Crippen LogP contribution in [-0.2, 0) is 0 Å². The van der Waals surface area contributed by atoms with Gasteiger partial charge in [0.05, 0.1) is 24.7 Å². The Morgan fingerprint density at radius 3 is 2.81 bits per heavy atom. The maximum atomic E-state index is 12.5. The summed E-state index contributed by atoms with van der Waals surface area (Å²) in [6.45, 7) is 3.06. The predicted molar refractivity (Wildman–Crippen MR) is 101 cm³/mol. The smallest absolute Gasteiger partial charge is 0.251 e. The maximum Gasteiger partial charge on any atom is 0.251 e. The van der Waals surface area contributed by atoms with E-state index in [1.165, 1.54) is 0 Å². The van der Waals surface area contributed by atoms with Crippen LogP contribution < -0.4 is 24.3 Å². The summed E-state index contributed by atoms with van der Waals surface area (Å²) in [5, 5.41) is 2.87. The number of hydrogen-bond acceptors (Lipinski definition) is 5.